The van der Waals surface area contributed by atoms with Gasteiger partial charge in [-0.1, -0.05) is 42.5 Å². The molecule has 0 unspecified atom stereocenters. The van der Waals surface area contributed by atoms with Crippen LogP contribution >= 0.6 is 11.3 Å². The number of carbonyl (C=O) groups excluding carboxylic acids is 1. The fraction of sp³-hybridized carbons (Fsp3) is 0.182. The van der Waals surface area contributed by atoms with E-state index < -0.39 is 0 Å². The van der Waals surface area contributed by atoms with E-state index in [4.69, 9.17) is 0 Å². The fourth-order valence-electron chi connectivity index (χ4n) is 3.12. The average molecular weight is 404 g/mol. The Labute approximate surface area is 171 Å². The largest absolute Gasteiger partial charge is 0.354 e. The number of thiazole rings is 1. The smallest absolute Gasteiger partial charge is 0.275 e. The molecule has 146 valence electrons. The molecule has 0 spiro atoms. The molecule has 7 heteroatoms. The summed E-state index contributed by atoms with van der Waals surface area (Å²) in [6.45, 7) is 2.40. The summed E-state index contributed by atoms with van der Waals surface area (Å²) in [6.07, 6.45) is 2.32. The molecule has 0 aliphatic rings. The molecule has 2 aromatic heterocycles. The SMILES string of the molecule is Cc1nc(-c2ccc(CCNC(=O)Cn3ncc4ccccc4c3=O)cc2)cs1. The van der Waals surface area contributed by atoms with E-state index in [2.05, 4.69) is 15.4 Å². The Morgan fingerprint density at radius 3 is 2.69 bits per heavy atom. The van der Waals surface area contributed by atoms with Crippen LogP contribution in [-0.4, -0.2) is 27.2 Å². The molecule has 29 heavy (non-hydrogen) atoms. The molecule has 1 N–H and O–H groups in total. The van der Waals surface area contributed by atoms with Gasteiger partial charge in [0, 0.05) is 22.9 Å². The van der Waals surface area contributed by atoms with Gasteiger partial charge in [-0.2, -0.15) is 5.10 Å². The lowest BCUT2D eigenvalue weighted by atomic mass is 10.1. The van der Waals surface area contributed by atoms with Crippen molar-refractivity contribution in [1.82, 2.24) is 20.1 Å². The number of hydrogen-bond acceptors (Lipinski definition) is 5. The third-order valence-corrected chi connectivity index (χ3v) is 5.43. The van der Waals surface area contributed by atoms with Crippen LogP contribution in [0.15, 0.2) is 64.9 Å². The first-order valence-corrected chi connectivity index (χ1v) is 10.2. The summed E-state index contributed by atoms with van der Waals surface area (Å²) in [5.41, 5.74) is 2.94. The van der Waals surface area contributed by atoms with Crippen LogP contribution in [0.3, 0.4) is 0 Å². The Kier molecular flexibility index (Phi) is 5.48. The molecule has 0 fully saturated rings. The van der Waals surface area contributed by atoms with Crippen molar-refractivity contribution >= 4 is 28.0 Å². The monoisotopic (exact) mass is 404 g/mol. The number of aryl methyl sites for hydroxylation is 1. The van der Waals surface area contributed by atoms with Crippen LogP contribution in [-0.2, 0) is 17.8 Å². The molecule has 0 aliphatic heterocycles. The maximum atomic E-state index is 12.4. The third-order valence-electron chi connectivity index (χ3n) is 4.66. The maximum absolute atomic E-state index is 12.4. The lowest BCUT2D eigenvalue weighted by molar-refractivity contribution is -0.121. The van der Waals surface area contributed by atoms with Gasteiger partial charge >= 0.3 is 0 Å². The number of aromatic nitrogens is 3. The number of carbonyl (C=O) groups is 1. The molecular weight excluding hydrogens is 384 g/mol. The van der Waals surface area contributed by atoms with Gasteiger partial charge < -0.3 is 5.32 Å². The molecule has 0 radical (unpaired) electrons. The quantitative estimate of drug-likeness (QED) is 0.535. The molecule has 0 saturated carbocycles. The lowest BCUT2D eigenvalue weighted by Gasteiger charge is -2.08. The number of hydrogen-bond donors (Lipinski definition) is 1. The molecule has 4 aromatic rings. The molecule has 0 atom stereocenters. The molecule has 0 aliphatic carbocycles. The minimum absolute atomic E-state index is 0.0915. The van der Waals surface area contributed by atoms with Crippen LogP contribution in [0.5, 0.6) is 0 Å². The predicted octanol–water partition coefficient (Wildman–Crippen LogP) is 3.19. The average Bonchev–Trinajstić information content (AvgIpc) is 3.17. The second kappa shape index (κ2) is 8.36. The van der Waals surface area contributed by atoms with Crippen molar-refractivity contribution in [2.75, 3.05) is 6.54 Å². The number of benzene rings is 2. The lowest BCUT2D eigenvalue weighted by Crippen LogP contribution is -2.34. The van der Waals surface area contributed by atoms with Crippen molar-refractivity contribution in [3.8, 4) is 11.3 Å². The number of nitrogens with one attached hydrogen (secondary N) is 1. The van der Waals surface area contributed by atoms with Crippen molar-refractivity contribution in [2.24, 2.45) is 0 Å². The van der Waals surface area contributed by atoms with Crippen molar-refractivity contribution in [3.63, 3.8) is 0 Å². The molecule has 2 heterocycles. The molecule has 0 saturated heterocycles. The zero-order chi connectivity index (χ0) is 20.2. The zero-order valence-electron chi connectivity index (χ0n) is 16.0. The molecule has 0 bridgehead atoms. The second-order valence-corrected chi connectivity index (χ2v) is 7.81. The van der Waals surface area contributed by atoms with E-state index in [9.17, 15) is 9.59 Å². The summed E-state index contributed by atoms with van der Waals surface area (Å²) in [5.74, 6) is -0.232. The molecular formula is C22H20N4O2S. The Morgan fingerprint density at radius 1 is 1.14 bits per heavy atom. The summed E-state index contributed by atoms with van der Waals surface area (Å²) < 4.78 is 1.20. The van der Waals surface area contributed by atoms with Gasteiger partial charge in [-0.3, -0.25) is 9.59 Å². The van der Waals surface area contributed by atoms with E-state index >= 15 is 0 Å². The topological polar surface area (TPSA) is 76.9 Å². The van der Waals surface area contributed by atoms with Crippen molar-refractivity contribution < 1.29 is 4.79 Å². The molecule has 6 nitrogen and oxygen atoms in total. The van der Waals surface area contributed by atoms with Crippen LogP contribution in [0.1, 0.15) is 10.6 Å². The Balaban J connectivity index is 1.32. The van der Waals surface area contributed by atoms with Crippen LogP contribution in [0, 0.1) is 6.92 Å². The van der Waals surface area contributed by atoms with Gasteiger partial charge in [0.25, 0.3) is 5.56 Å². The highest BCUT2D eigenvalue weighted by Gasteiger charge is 2.08. The third kappa shape index (κ3) is 4.41. The van der Waals surface area contributed by atoms with Gasteiger partial charge in [0.2, 0.25) is 5.91 Å². The number of rotatable bonds is 6. The first-order valence-electron chi connectivity index (χ1n) is 9.33. The van der Waals surface area contributed by atoms with E-state index in [0.717, 1.165) is 27.2 Å². The van der Waals surface area contributed by atoms with Gasteiger partial charge in [-0.05, 0) is 25.0 Å². The Hall–Kier alpha value is -3.32. The van der Waals surface area contributed by atoms with Crippen molar-refractivity contribution in [1.29, 1.82) is 0 Å². The minimum Gasteiger partial charge on any atom is -0.354 e. The van der Waals surface area contributed by atoms with E-state index in [1.807, 2.05) is 48.7 Å². The second-order valence-electron chi connectivity index (χ2n) is 6.74. The summed E-state index contributed by atoms with van der Waals surface area (Å²) >= 11 is 1.63. The van der Waals surface area contributed by atoms with E-state index in [1.165, 1.54) is 4.68 Å². The number of amides is 1. The summed E-state index contributed by atoms with van der Waals surface area (Å²) in [4.78, 5) is 29.1. The van der Waals surface area contributed by atoms with E-state index in [0.29, 0.717) is 18.4 Å². The summed E-state index contributed by atoms with van der Waals surface area (Å²) in [7, 11) is 0. The van der Waals surface area contributed by atoms with Gasteiger partial charge in [-0.25, -0.2) is 9.67 Å². The van der Waals surface area contributed by atoms with Gasteiger partial charge in [0.1, 0.15) is 6.54 Å². The molecule has 2 aromatic carbocycles. The zero-order valence-corrected chi connectivity index (χ0v) is 16.8. The summed E-state index contributed by atoms with van der Waals surface area (Å²) in [6, 6.07) is 15.4. The standard InChI is InChI=1S/C22H20N4O2S/c1-15-25-20(14-29-15)17-8-6-16(7-9-17)10-11-23-21(27)13-26-22(28)19-5-3-2-4-18(19)12-24-26/h2-9,12,14H,10-11,13H2,1H3,(H,23,27). The van der Waals surface area contributed by atoms with Crippen molar-refractivity contribution in [3.05, 3.63) is 81.0 Å². The minimum atomic E-state index is -0.258. The van der Waals surface area contributed by atoms with Gasteiger partial charge in [-0.15, -0.1) is 11.3 Å². The molecule has 4 rings (SSSR count). The summed E-state index contributed by atoms with van der Waals surface area (Å²) in [5, 5.41) is 11.4. The van der Waals surface area contributed by atoms with Crippen LogP contribution in [0.2, 0.25) is 0 Å². The van der Waals surface area contributed by atoms with Gasteiger partial charge in [0.15, 0.2) is 0 Å². The normalized spacial score (nSPS) is 10.9. The number of fused-ring (bicyclic) bond motifs is 1. The highest BCUT2D eigenvalue weighted by atomic mass is 32.1. The fourth-order valence-corrected chi connectivity index (χ4v) is 3.74. The van der Waals surface area contributed by atoms with E-state index in [1.54, 1.807) is 29.7 Å². The van der Waals surface area contributed by atoms with Crippen LogP contribution in [0.4, 0.5) is 0 Å². The van der Waals surface area contributed by atoms with Crippen LogP contribution in [0.25, 0.3) is 22.0 Å². The van der Waals surface area contributed by atoms with E-state index in [-0.39, 0.29) is 18.0 Å². The maximum Gasteiger partial charge on any atom is 0.275 e. The highest BCUT2D eigenvalue weighted by molar-refractivity contribution is 7.09. The predicted molar refractivity (Wildman–Crippen MR) is 115 cm³/mol. The highest BCUT2D eigenvalue weighted by Crippen LogP contribution is 2.21. The first-order chi connectivity index (χ1) is 14.1. The molecule has 1 amide bonds. The Morgan fingerprint density at radius 2 is 1.93 bits per heavy atom. The number of nitrogens with zero attached hydrogens (tertiary/aromatic N) is 3. The van der Waals surface area contributed by atoms with Gasteiger partial charge in [0.05, 0.1) is 22.3 Å². The Bertz CT molecular complexity index is 1210. The van der Waals surface area contributed by atoms with Crippen molar-refractivity contribution in [2.45, 2.75) is 19.9 Å². The first kappa shape index (κ1) is 19.0. The van der Waals surface area contributed by atoms with Crippen LogP contribution < -0.4 is 10.9 Å².